The molecular formula is C16H23N3O. The smallest absolute Gasteiger partial charge is 0.142 e. The lowest BCUT2D eigenvalue weighted by atomic mass is 10.1. The average molecular weight is 273 g/mol. The number of anilines is 1. The Labute approximate surface area is 120 Å². The number of pyridine rings is 1. The number of aromatic nitrogens is 2. The highest BCUT2D eigenvalue weighted by atomic mass is 16.5. The molecule has 0 radical (unpaired) electrons. The van der Waals surface area contributed by atoms with Crippen molar-refractivity contribution in [1.82, 2.24) is 9.55 Å². The van der Waals surface area contributed by atoms with Crippen LogP contribution in [0.25, 0.3) is 11.0 Å². The summed E-state index contributed by atoms with van der Waals surface area (Å²) in [6.45, 7) is 6.75. The van der Waals surface area contributed by atoms with Crippen molar-refractivity contribution in [1.29, 1.82) is 0 Å². The molecule has 2 aromatic rings. The minimum atomic E-state index is 0.746. The Hall–Kier alpha value is -1.55. The van der Waals surface area contributed by atoms with Crippen molar-refractivity contribution in [3.8, 4) is 0 Å². The summed E-state index contributed by atoms with van der Waals surface area (Å²) in [5.74, 6) is 0. The van der Waals surface area contributed by atoms with Crippen LogP contribution in [0.5, 0.6) is 0 Å². The molecule has 0 spiro atoms. The second kappa shape index (κ2) is 6.27. The summed E-state index contributed by atoms with van der Waals surface area (Å²) in [4.78, 5) is 7.06. The van der Waals surface area contributed by atoms with Crippen molar-refractivity contribution in [2.24, 2.45) is 0 Å². The standard InChI is InChI=1S/C16H23N3O/c1-2-20-12-11-19-13-15(18-9-4-3-5-10-18)14-7-6-8-17-16(14)19/h6-8,13H,2-5,9-12H2,1H3. The largest absolute Gasteiger partial charge is 0.380 e. The first-order valence-corrected chi connectivity index (χ1v) is 7.66. The molecule has 0 atom stereocenters. The lowest BCUT2D eigenvalue weighted by molar-refractivity contribution is 0.140. The fourth-order valence-corrected chi connectivity index (χ4v) is 2.97. The van der Waals surface area contributed by atoms with Gasteiger partial charge >= 0.3 is 0 Å². The van der Waals surface area contributed by atoms with Crippen LogP contribution in [0.4, 0.5) is 5.69 Å². The van der Waals surface area contributed by atoms with E-state index in [0.29, 0.717) is 0 Å². The van der Waals surface area contributed by atoms with Crippen LogP contribution < -0.4 is 4.90 Å². The van der Waals surface area contributed by atoms with E-state index < -0.39 is 0 Å². The first-order valence-electron chi connectivity index (χ1n) is 7.66. The van der Waals surface area contributed by atoms with E-state index in [-0.39, 0.29) is 0 Å². The molecule has 4 nitrogen and oxygen atoms in total. The highest BCUT2D eigenvalue weighted by molar-refractivity contribution is 5.91. The van der Waals surface area contributed by atoms with Gasteiger partial charge in [-0.25, -0.2) is 4.98 Å². The van der Waals surface area contributed by atoms with Crippen molar-refractivity contribution in [2.75, 3.05) is 31.2 Å². The number of hydrogen-bond acceptors (Lipinski definition) is 3. The Morgan fingerprint density at radius 2 is 2.10 bits per heavy atom. The van der Waals surface area contributed by atoms with Gasteiger partial charge in [0.25, 0.3) is 0 Å². The van der Waals surface area contributed by atoms with Gasteiger partial charge in [0.05, 0.1) is 12.3 Å². The molecule has 2 aromatic heterocycles. The highest BCUT2D eigenvalue weighted by Crippen LogP contribution is 2.29. The number of piperidine rings is 1. The molecule has 0 bridgehead atoms. The number of ether oxygens (including phenoxy) is 1. The summed E-state index contributed by atoms with van der Waals surface area (Å²) in [5.41, 5.74) is 2.41. The van der Waals surface area contributed by atoms with Crippen LogP contribution >= 0.6 is 0 Å². The third kappa shape index (κ3) is 2.66. The fraction of sp³-hybridized carbons (Fsp3) is 0.562. The van der Waals surface area contributed by atoms with Gasteiger partial charge in [-0.3, -0.25) is 0 Å². The van der Waals surface area contributed by atoms with E-state index in [1.165, 1.54) is 43.4 Å². The molecule has 1 saturated heterocycles. The van der Waals surface area contributed by atoms with Crippen molar-refractivity contribution in [3.63, 3.8) is 0 Å². The maximum absolute atomic E-state index is 5.48. The van der Waals surface area contributed by atoms with E-state index >= 15 is 0 Å². The molecule has 3 rings (SSSR count). The Morgan fingerprint density at radius 3 is 2.90 bits per heavy atom. The SMILES string of the molecule is CCOCCn1cc(N2CCCCC2)c2cccnc21. The van der Waals surface area contributed by atoms with Gasteiger partial charge in [0.15, 0.2) is 0 Å². The lowest BCUT2D eigenvalue weighted by Gasteiger charge is -2.28. The lowest BCUT2D eigenvalue weighted by Crippen LogP contribution is -2.29. The molecule has 0 N–H and O–H groups in total. The molecule has 0 aromatic carbocycles. The van der Waals surface area contributed by atoms with E-state index in [4.69, 9.17) is 4.74 Å². The average Bonchev–Trinajstić information content (AvgIpc) is 2.88. The number of hydrogen-bond donors (Lipinski definition) is 0. The molecule has 4 heteroatoms. The summed E-state index contributed by atoms with van der Waals surface area (Å²) in [6, 6.07) is 4.21. The zero-order valence-corrected chi connectivity index (χ0v) is 12.2. The predicted octanol–water partition coefficient (Wildman–Crippen LogP) is 3.06. The van der Waals surface area contributed by atoms with E-state index in [1.807, 2.05) is 19.2 Å². The summed E-state index contributed by atoms with van der Waals surface area (Å²) in [6.07, 6.45) is 8.08. The highest BCUT2D eigenvalue weighted by Gasteiger charge is 2.17. The minimum Gasteiger partial charge on any atom is -0.380 e. The van der Waals surface area contributed by atoms with Crippen LogP contribution in [0.1, 0.15) is 26.2 Å². The van der Waals surface area contributed by atoms with Gasteiger partial charge in [-0.15, -0.1) is 0 Å². The molecule has 1 aliphatic rings. The van der Waals surface area contributed by atoms with Crippen molar-refractivity contribution < 1.29 is 4.74 Å². The Bertz CT molecular complexity index is 558. The Kier molecular flexibility index (Phi) is 4.21. The Morgan fingerprint density at radius 1 is 1.25 bits per heavy atom. The van der Waals surface area contributed by atoms with Gasteiger partial charge < -0.3 is 14.2 Å². The van der Waals surface area contributed by atoms with E-state index in [2.05, 4.69) is 26.7 Å². The zero-order valence-electron chi connectivity index (χ0n) is 12.2. The molecule has 1 fully saturated rings. The van der Waals surface area contributed by atoms with Crippen LogP contribution in [0.15, 0.2) is 24.5 Å². The molecule has 0 unspecified atom stereocenters. The quantitative estimate of drug-likeness (QED) is 0.784. The molecule has 20 heavy (non-hydrogen) atoms. The molecule has 0 amide bonds. The van der Waals surface area contributed by atoms with Crippen LogP contribution in [0.2, 0.25) is 0 Å². The van der Waals surface area contributed by atoms with E-state index in [9.17, 15) is 0 Å². The van der Waals surface area contributed by atoms with E-state index in [1.54, 1.807) is 0 Å². The fourth-order valence-electron chi connectivity index (χ4n) is 2.97. The predicted molar refractivity (Wildman–Crippen MR) is 82.3 cm³/mol. The van der Waals surface area contributed by atoms with Gasteiger partial charge in [-0.2, -0.15) is 0 Å². The van der Waals surface area contributed by atoms with Crippen LogP contribution in [0.3, 0.4) is 0 Å². The Balaban J connectivity index is 1.91. The maximum Gasteiger partial charge on any atom is 0.142 e. The molecular weight excluding hydrogens is 250 g/mol. The third-order valence-corrected chi connectivity index (χ3v) is 3.99. The summed E-state index contributed by atoms with van der Waals surface area (Å²) in [7, 11) is 0. The molecule has 1 aliphatic heterocycles. The number of fused-ring (bicyclic) bond motifs is 1. The molecule has 0 saturated carbocycles. The van der Waals surface area contributed by atoms with Gasteiger partial charge in [0, 0.05) is 44.0 Å². The first kappa shape index (κ1) is 13.4. The first-order chi connectivity index (χ1) is 9.90. The second-order valence-electron chi connectivity index (χ2n) is 5.33. The number of nitrogens with zero attached hydrogens (tertiary/aromatic N) is 3. The van der Waals surface area contributed by atoms with Crippen LogP contribution in [-0.4, -0.2) is 35.9 Å². The zero-order chi connectivity index (χ0) is 13.8. The molecule has 3 heterocycles. The maximum atomic E-state index is 5.48. The third-order valence-electron chi connectivity index (χ3n) is 3.99. The van der Waals surface area contributed by atoms with Crippen LogP contribution in [-0.2, 0) is 11.3 Å². The normalized spacial score (nSPS) is 15.9. The summed E-state index contributed by atoms with van der Waals surface area (Å²) < 4.78 is 7.71. The van der Waals surface area contributed by atoms with Crippen molar-refractivity contribution in [3.05, 3.63) is 24.5 Å². The van der Waals surface area contributed by atoms with E-state index in [0.717, 1.165) is 25.4 Å². The van der Waals surface area contributed by atoms with Gasteiger partial charge in [-0.05, 0) is 38.3 Å². The minimum absolute atomic E-state index is 0.746. The monoisotopic (exact) mass is 273 g/mol. The molecule has 0 aliphatic carbocycles. The van der Waals surface area contributed by atoms with Gasteiger partial charge in [0.1, 0.15) is 5.65 Å². The summed E-state index contributed by atoms with van der Waals surface area (Å²) in [5, 5.41) is 1.27. The topological polar surface area (TPSA) is 30.3 Å². The van der Waals surface area contributed by atoms with Crippen LogP contribution in [0, 0.1) is 0 Å². The molecule has 108 valence electrons. The van der Waals surface area contributed by atoms with Crippen molar-refractivity contribution in [2.45, 2.75) is 32.7 Å². The second-order valence-corrected chi connectivity index (χ2v) is 5.33. The summed E-state index contributed by atoms with van der Waals surface area (Å²) >= 11 is 0. The van der Waals surface area contributed by atoms with Gasteiger partial charge in [-0.1, -0.05) is 0 Å². The van der Waals surface area contributed by atoms with Crippen molar-refractivity contribution >= 4 is 16.7 Å². The number of rotatable bonds is 5. The van der Waals surface area contributed by atoms with Gasteiger partial charge in [0.2, 0.25) is 0 Å².